The Bertz CT molecular complexity index is 1560. The molecule has 5 heterocycles. The molecule has 3 unspecified atom stereocenters. The van der Waals surface area contributed by atoms with Crippen LogP contribution < -0.4 is 0 Å². The molecule has 4 aliphatic carbocycles. The zero-order valence-corrected chi connectivity index (χ0v) is 35.6. The summed E-state index contributed by atoms with van der Waals surface area (Å²) in [4.78, 5) is 0. The van der Waals surface area contributed by atoms with Gasteiger partial charge < -0.3 is 78.7 Å². The van der Waals surface area contributed by atoms with Crippen molar-refractivity contribution in [1.29, 1.82) is 0 Å². The molecule has 16 nitrogen and oxygen atoms in total. The van der Waals surface area contributed by atoms with Crippen LogP contribution >= 0.6 is 0 Å². The van der Waals surface area contributed by atoms with E-state index in [4.69, 9.17) is 37.9 Å². The van der Waals surface area contributed by atoms with Crippen LogP contribution in [0.1, 0.15) is 92.4 Å². The Labute approximate surface area is 352 Å². The fraction of sp³-hybridized carbons (Fsp3) is 0.955. The van der Waals surface area contributed by atoms with E-state index in [1.807, 2.05) is 0 Å². The first-order valence-electron chi connectivity index (χ1n) is 22.8. The van der Waals surface area contributed by atoms with Gasteiger partial charge in [-0.2, -0.15) is 0 Å². The minimum atomic E-state index is -1.70. The number of rotatable bonds is 8. The van der Waals surface area contributed by atoms with Crippen molar-refractivity contribution >= 4 is 0 Å². The molecule has 5 saturated heterocycles. The number of fused-ring (bicyclic) bond motifs is 7. The van der Waals surface area contributed by atoms with Crippen molar-refractivity contribution < 1.29 is 78.7 Å². The average Bonchev–Trinajstić information content (AvgIpc) is 3.79. The third-order valence-corrected chi connectivity index (χ3v) is 17.3. The molecule has 8 N–H and O–H groups in total. The van der Waals surface area contributed by atoms with E-state index in [1.54, 1.807) is 0 Å². The molecule has 25 atom stereocenters. The minimum Gasteiger partial charge on any atom is -0.394 e. The zero-order chi connectivity index (χ0) is 42.6. The highest BCUT2D eigenvalue weighted by Gasteiger charge is 2.69. The van der Waals surface area contributed by atoms with E-state index in [1.165, 1.54) is 18.9 Å². The molecular formula is C44H70O16. The molecule has 9 rings (SSSR count). The summed E-state index contributed by atoms with van der Waals surface area (Å²) in [5.74, 6) is 2.65. The molecule has 0 aromatic carbocycles. The molecule has 5 aliphatic heterocycles. The molecule has 0 aromatic heterocycles. The quantitative estimate of drug-likeness (QED) is 0.158. The summed E-state index contributed by atoms with van der Waals surface area (Å²) in [6, 6.07) is 0. The van der Waals surface area contributed by atoms with Gasteiger partial charge in [-0.3, -0.25) is 0 Å². The summed E-state index contributed by atoms with van der Waals surface area (Å²) >= 11 is 0. The lowest BCUT2D eigenvalue weighted by molar-refractivity contribution is -0.380. The smallest absolute Gasteiger partial charge is 0.187 e. The molecule has 1 spiro atoms. The van der Waals surface area contributed by atoms with Gasteiger partial charge in [0.25, 0.3) is 0 Å². The molecule has 9 aliphatic rings. The highest BCUT2D eigenvalue weighted by molar-refractivity contribution is 5.26. The number of hydrogen-bond acceptors (Lipinski definition) is 16. The SMILES string of the molecule is C[C@@H]1CC[C@@]2(OC1)O[C@H]1C[C@H]3[C@@H]4CC=C5CC(OC6O[C@H](CO)C(O[C@@H]7O[C@@H](CO)[C@H](O)[C@H]7O)[C@H](O)[C@H]6O[C@@H]6O[C@@H](C)[C@H](O)[C@@H](O)[C@H]6O)CC[C@]5(C)[C@H]4CC[C@]3(C)[C@H]1[C@@H]2C. The maximum Gasteiger partial charge on any atom is 0.187 e. The second kappa shape index (κ2) is 16.5. The summed E-state index contributed by atoms with van der Waals surface area (Å²) in [5.41, 5.74) is 1.54. The van der Waals surface area contributed by atoms with Crippen LogP contribution in [0.15, 0.2) is 11.6 Å². The molecular weight excluding hydrogens is 784 g/mol. The number of aliphatic hydroxyl groups excluding tert-OH is 8. The normalized spacial score (nSPS) is 57.7. The lowest BCUT2D eigenvalue weighted by atomic mass is 9.47. The Morgan fingerprint density at radius 3 is 2.10 bits per heavy atom. The molecule has 8 fully saturated rings. The standard InChI is InChI=1S/C44H70O16/c1-19-8-13-44(53-18-19)20(2)30-27(60-44)15-26-24-7-6-22-14-23(9-11-42(22,4)25(24)10-12-43(26,30)5)55-41-38(59-39-35(51)33(49)31(47)21(3)54-39)36(52)37(29(17-46)57-41)58-40-34(50)32(48)28(16-45)56-40/h6,19-21,23-41,45-52H,7-18H2,1-5H3/t19-,20+,21+,23?,24-,25+,26+,27+,28+,29-,30+,31+,32+,33-,34-,35-,36+,37?,38-,39+,40+,41?,42+,43+,44-/m1/s1. The molecule has 0 amide bonds. The summed E-state index contributed by atoms with van der Waals surface area (Å²) in [7, 11) is 0. The monoisotopic (exact) mass is 854 g/mol. The summed E-state index contributed by atoms with van der Waals surface area (Å²) < 4.78 is 49.9. The number of hydrogen-bond donors (Lipinski definition) is 8. The predicted octanol–water partition coefficient (Wildman–Crippen LogP) is 0.853. The highest BCUT2D eigenvalue weighted by Crippen LogP contribution is 2.70. The summed E-state index contributed by atoms with van der Waals surface area (Å²) in [6.45, 7) is 10.7. The highest BCUT2D eigenvalue weighted by atomic mass is 16.8. The molecule has 60 heavy (non-hydrogen) atoms. The van der Waals surface area contributed by atoms with Gasteiger partial charge >= 0.3 is 0 Å². The molecule has 0 aromatic rings. The van der Waals surface area contributed by atoms with E-state index >= 15 is 0 Å². The van der Waals surface area contributed by atoms with Crippen LogP contribution in [-0.2, 0) is 37.9 Å². The van der Waals surface area contributed by atoms with Gasteiger partial charge in [-0.05, 0) is 98.7 Å². The second-order valence-corrected chi connectivity index (χ2v) is 20.6. The van der Waals surface area contributed by atoms with Crippen LogP contribution in [0.3, 0.4) is 0 Å². The van der Waals surface area contributed by atoms with Crippen LogP contribution in [0.4, 0.5) is 0 Å². The third kappa shape index (κ3) is 7.10. The van der Waals surface area contributed by atoms with Crippen molar-refractivity contribution in [3.8, 4) is 0 Å². The Hall–Kier alpha value is -0.900. The van der Waals surface area contributed by atoms with E-state index in [-0.39, 0.29) is 23.0 Å². The first-order chi connectivity index (χ1) is 28.5. The van der Waals surface area contributed by atoms with E-state index in [2.05, 4.69) is 33.8 Å². The Kier molecular flexibility index (Phi) is 12.2. The first kappa shape index (κ1) is 44.3. The van der Waals surface area contributed by atoms with Gasteiger partial charge in [0.15, 0.2) is 24.7 Å². The van der Waals surface area contributed by atoms with Gasteiger partial charge in [0.1, 0.15) is 61.0 Å². The van der Waals surface area contributed by atoms with Gasteiger partial charge in [-0.15, -0.1) is 0 Å². The first-order valence-corrected chi connectivity index (χ1v) is 22.8. The zero-order valence-electron chi connectivity index (χ0n) is 35.6. The van der Waals surface area contributed by atoms with Crippen LogP contribution in [0.2, 0.25) is 0 Å². The maximum atomic E-state index is 11.9. The van der Waals surface area contributed by atoms with Crippen molar-refractivity contribution in [2.45, 2.75) is 196 Å². The summed E-state index contributed by atoms with van der Waals surface area (Å²) in [5, 5.41) is 84.8. The van der Waals surface area contributed by atoms with Gasteiger partial charge in [0.2, 0.25) is 0 Å². The fourth-order valence-corrected chi connectivity index (χ4v) is 13.8. The van der Waals surface area contributed by atoms with Gasteiger partial charge in [0, 0.05) is 12.3 Å². The lowest BCUT2D eigenvalue weighted by Gasteiger charge is -2.58. The van der Waals surface area contributed by atoms with Crippen molar-refractivity contribution in [3.05, 3.63) is 11.6 Å². The van der Waals surface area contributed by atoms with Crippen molar-refractivity contribution in [3.63, 3.8) is 0 Å². The van der Waals surface area contributed by atoms with Crippen molar-refractivity contribution in [2.75, 3.05) is 19.8 Å². The lowest BCUT2D eigenvalue weighted by Crippen LogP contribution is -2.65. The van der Waals surface area contributed by atoms with E-state index in [9.17, 15) is 40.9 Å². The van der Waals surface area contributed by atoms with Crippen molar-refractivity contribution in [1.82, 2.24) is 0 Å². The average molecular weight is 855 g/mol. The maximum absolute atomic E-state index is 11.9. The topological polar surface area (TPSA) is 236 Å². The van der Waals surface area contributed by atoms with Crippen molar-refractivity contribution in [2.24, 2.45) is 46.3 Å². The van der Waals surface area contributed by atoms with E-state index in [0.717, 1.165) is 45.1 Å². The predicted molar refractivity (Wildman–Crippen MR) is 208 cm³/mol. The van der Waals surface area contributed by atoms with E-state index < -0.39 is 105 Å². The van der Waals surface area contributed by atoms with E-state index in [0.29, 0.717) is 48.3 Å². The number of ether oxygens (including phenoxy) is 8. The van der Waals surface area contributed by atoms with Crippen LogP contribution in [0.5, 0.6) is 0 Å². The molecule has 3 saturated carbocycles. The molecule has 0 bridgehead atoms. The van der Waals surface area contributed by atoms with Gasteiger partial charge in [-0.1, -0.05) is 39.3 Å². The number of aliphatic hydroxyl groups is 8. The Balaban J connectivity index is 0.913. The van der Waals surface area contributed by atoms with Gasteiger partial charge in [-0.25, -0.2) is 0 Å². The largest absolute Gasteiger partial charge is 0.394 e. The van der Waals surface area contributed by atoms with Crippen LogP contribution in [0.25, 0.3) is 0 Å². The minimum absolute atomic E-state index is 0.0141. The van der Waals surface area contributed by atoms with Crippen LogP contribution in [-0.4, -0.2) is 165 Å². The van der Waals surface area contributed by atoms with Gasteiger partial charge in [0.05, 0.1) is 38.1 Å². The number of allylic oxidation sites excluding steroid dienone is 1. The second-order valence-electron chi connectivity index (χ2n) is 20.6. The molecule has 16 heteroatoms. The third-order valence-electron chi connectivity index (χ3n) is 17.3. The Morgan fingerprint density at radius 1 is 0.700 bits per heavy atom. The van der Waals surface area contributed by atoms with Crippen LogP contribution in [0, 0.1) is 46.3 Å². The molecule has 0 radical (unpaired) electrons. The Morgan fingerprint density at radius 2 is 1.40 bits per heavy atom. The summed E-state index contributed by atoms with van der Waals surface area (Å²) in [6.07, 6.45) is -8.79. The molecule has 342 valence electrons. The fourth-order valence-electron chi connectivity index (χ4n) is 13.8.